The molecule has 122 valence electrons. The average molecular weight is 335 g/mol. The van der Waals surface area contributed by atoms with Gasteiger partial charge in [0, 0.05) is 23.8 Å². The zero-order valence-corrected chi connectivity index (χ0v) is 13.8. The fourth-order valence-corrected chi connectivity index (χ4v) is 2.04. The van der Waals surface area contributed by atoms with Crippen molar-refractivity contribution in [2.24, 2.45) is 5.73 Å². The van der Waals surface area contributed by atoms with Crippen molar-refractivity contribution in [3.05, 3.63) is 41.2 Å². The van der Waals surface area contributed by atoms with E-state index >= 15 is 0 Å². The van der Waals surface area contributed by atoms with Crippen LogP contribution in [0.2, 0.25) is 5.02 Å². The molecule has 1 amide bonds. The van der Waals surface area contributed by atoms with E-state index in [4.69, 9.17) is 17.3 Å². The number of rotatable bonds is 7. The molecule has 1 aromatic heterocycles. The Balaban J connectivity index is 2.21. The number of hydrogen-bond acceptors (Lipinski definition) is 6. The minimum absolute atomic E-state index is 0.0723. The zero-order chi connectivity index (χ0) is 16.8. The summed E-state index contributed by atoms with van der Waals surface area (Å²) in [6.45, 7) is 1.55. The Morgan fingerprint density at radius 1 is 1.39 bits per heavy atom. The summed E-state index contributed by atoms with van der Waals surface area (Å²) in [5.41, 5.74) is 6.12. The number of hydrogen-bond donors (Lipinski definition) is 3. The molecule has 1 heterocycles. The molecule has 2 rings (SSSR count). The minimum atomic E-state index is -0.651. The first-order valence-electron chi connectivity index (χ1n) is 7.04. The molecule has 0 saturated carbocycles. The molecule has 0 spiro atoms. The van der Waals surface area contributed by atoms with Crippen LogP contribution in [0, 0.1) is 0 Å². The molecule has 0 saturated heterocycles. The van der Waals surface area contributed by atoms with Gasteiger partial charge in [0.05, 0.1) is 6.20 Å². The van der Waals surface area contributed by atoms with Crippen molar-refractivity contribution in [3.63, 3.8) is 0 Å². The summed E-state index contributed by atoms with van der Waals surface area (Å²) in [7, 11) is 3.96. The monoisotopic (exact) mass is 334 g/mol. The molecule has 0 aliphatic carbocycles. The van der Waals surface area contributed by atoms with Gasteiger partial charge in [-0.3, -0.25) is 4.79 Å². The molecule has 4 N–H and O–H groups in total. The van der Waals surface area contributed by atoms with Crippen LogP contribution in [0.1, 0.15) is 10.5 Å². The highest BCUT2D eigenvalue weighted by atomic mass is 35.5. The lowest BCUT2D eigenvalue weighted by atomic mass is 10.3. The van der Waals surface area contributed by atoms with Gasteiger partial charge < -0.3 is 21.3 Å². The van der Waals surface area contributed by atoms with E-state index in [1.807, 2.05) is 25.1 Å². The second kappa shape index (κ2) is 7.75. The predicted molar refractivity (Wildman–Crippen MR) is 92.3 cm³/mol. The normalized spacial score (nSPS) is 10.6. The van der Waals surface area contributed by atoms with Crippen LogP contribution in [0.4, 0.5) is 17.3 Å². The Morgan fingerprint density at radius 2 is 2.17 bits per heavy atom. The number of carbonyl (C=O) groups excluding carboxylic acids is 1. The van der Waals surface area contributed by atoms with Crippen LogP contribution >= 0.6 is 11.6 Å². The van der Waals surface area contributed by atoms with Gasteiger partial charge in [-0.05, 0) is 32.3 Å². The number of benzene rings is 1. The van der Waals surface area contributed by atoms with Crippen LogP contribution in [0.25, 0.3) is 0 Å². The first-order valence-corrected chi connectivity index (χ1v) is 7.41. The van der Waals surface area contributed by atoms with E-state index in [1.54, 1.807) is 18.2 Å². The first kappa shape index (κ1) is 17.0. The van der Waals surface area contributed by atoms with Crippen LogP contribution in [0.3, 0.4) is 0 Å². The SMILES string of the molecule is CN(C)CCNc1cnc(C(N)=O)c(Nc2cccc(Cl)c2)n1. The van der Waals surface area contributed by atoms with Crippen LogP contribution in [-0.4, -0.2) is 48.0 Å². The molecule has 8 heteroatoms. The van der Waals surface area contributed by atoms with Crippen molar-refractivity contribution in [2.45, 2.75) is 0 Å². The molecule has 1 aromatic carbocycles. The number of nitrogens with one attached hydrogen (secondary N) is 2. The number of carbonyl (C=O) groups is 1. The summed E-state index contributed by atoms with van der Waals surface area (Å²) in [5.74, 6) is 0.192. The minimum Gasteiger partial charge on any atom is -0.367 e. The summed E-state index contributed by atoms with van der Waals surface area (Å²) in [4.78, 5) is 22.0. The summed E-state index contributed by atoms with van der Waals surface area (Å²) in [5, 5.41) is 6.74. The van der Waals surface area contributed by atoms with Crippen molar-refractivity contribution >= 4 is 34.8 Å². The molecule has 0 radical (unpaired) electrons. The standard InChI is InChI=1S/C15H19ClN6O/c1-22(2)7-6-18-12-9-19-13(14(17)23)15(21-12)20-11-5-3-4-10(16)8-11/h3-5,8-9H,6-7H2,1-2H3,(H2,17,23)(H2,18,20,21). The quantitative estimate of drug-likeness (QED) is 0.716. The lowest BCUT2D eigenvalue weighted by Gasteiger charge is -2.13. The van der Waals surface area contributed by atoms with Gasteiger partial charge in [-0.15, -0.1) is 0 Å². The van der Waals surface area contributed by atoms with Crippen molar-refractivity contribution in [1.82, 2.24) is 14.9 Å². The van der Waals surface area contributed by atoms with E-state index < -0.39 is 5.91 Å². The highest BCUT2D eigenvalue weighted by Gasteiger charge is 2.13. The number of likely N-dealkylation sites (N-methyl/N-ethyl adjacent to an activating group) is 1. The second-order valence-electron chi connectivity index (χ2n) is 5.18. The van der Waals surface area contributed by atoms with E-state index in [1.165, 1.54) is 6.20 Å². The van der Waals surface area contributed by atoms with E-state index in [-0.39, 0.29) is 11.5 Å². The molecule has 0 bridgehead atoms. The molecule has 0 aliphatic rings. The number of halogens is 1. The summed E-state index contributed by atoms with van der Waals surface area (Å²) >= 11 is 5.96. The Hall–Kier alpha value is -2.38. The lowest BCUT2D eigenvalue weighted by molar-refractivity contribution is 0.0996. The maximum atomic E-state index is 11.5. The Kier molecular flexibility index (Phi) is 5.72. The molecule has 0 atom stereocenters. The van der Waals surface area contributed by atoms with Crippen molar-refractivity contribution < 1.29 is 4.79 Å². The van der Waals surface area contributed by atoms with Gasteiger partial charge in [0.15, 0.2) is 11.5 Å². The molecule has 0 unspecified atom stereocenters. The average Bonchev–Trinajstić information content (AvgIpc) is 2.47. The van der Waals surface area contributed by atoms with E-state index in [0.717, 1.165) is 6.54 Å². The van der Waals surface area contributed by atoms with Gasteiger partial charge in [0.1, 0.15) is 5.82 Å². The molecule has 0 fully saturated rings. The third-order valence-corrected chi connectivity index (χ3v) is 3.19. The van der Waals surface area contributed by atoms with Crippen LogP contribution in [-0.2, 0) is 0 Å². The first-order chi connectivity index (χ1) is 11.0. The fourth-order valence-electron chi connectivity index (χ4n) is 1.85. The molecule has 2 aromatic rings. The number of amides is 1. The molecular weight excluding hydrogens is 316 g/mol. The third kappa shape index (κ3) is 5.08. The summed E-state index contributed by atoms with van der Waals surface area (Å²) < 4.78 is 0. The van der Waals surface area contributed by atoms with E-state index in [2.05, 4.69) is 20.6 Å². The van der Waals surface area contributed by atoms with E-state index in [0.29, 0.717) is 23.1 Å². The lowest BCUT2D eigenvalue weighted by Crippen LogP contribution is -2.22. The topological polar surface area (TPSA) is 96.2 Å². The zero-order valence-electron chi connectivity index (χ0n) is 13.0. The van der Waals surface area contributed by atoms with Gasteiger partial charge in [-0.25, -0.2) is 9.97 Å². The molecule has 7 nitrogen and oxygen atoms in total. The predicted octanol–water partition coefficient (Wildman–Crippen LogP) is 1.95. The highest BCUT2D eigenvalue weighted by molar-refractivity contribution is 6.30. The van der Waals surface area contributed by atoms with Crippen molar-refractivity contribution in [1.29, 1.82) is 0 Å². The van der Waals surface area contributed by atoms with E-state index in [9.17, 15) is 4.79 Å². The van der Waals surface area contributed by atoms with Crippen LogP contribution < -0.4 is 16.4 Å². The van der Waals surface area contributed by atoms with Gasteiger partial charge in [0.2, 0.25) is 0 Å². The largest absolute Gasteiger partial charge is 0.367 e. The summed E-state index contributed by atoms with van der Waals surface area (Å²) in [6, 6.07) is 7.08. The van der Waals surface area contributed by atoms with Crippen LogP contribution in [0.5, 0.6) is 0 Å². The number of nitrogens with two attached hydrogens (primary N) is 1. The van der Waals surface area contributed by atoms with Gasteiger partial charge in [0.25, 0.3) is 5.91 Å². The summed E-state index contributed by atoms with van der Waals surface area (Å²) in [6.07, 6.45) is 1.49. The smallest absolute Gasteiger partial charge is 0.271 e. The fraction of sp³-hybridized carbons (Fsp3) is 0.267. The number of anilines is 3. The van der Waals surface area contributed by atoms with Crippen LogP contribution in [0.15, 0.2) is 30.5 Å². The van der Waals surface area contributed by atoms with Crippen molar-refractivity contribution in [3.8, 4) is 0 Å². The molecule has 0 aliphatic heterocycles. The Bertz CT molecular complexity index is 691. The van der Waals surface area contributed by atoms with Gasteiger partial charge >= 0.3 is 0 Å². The second-order valence-corrected chi connectivity index (χ2v) is 5.62. The Labute approximate surface area is 139 Å². The van der Waals surface area contributed by atoms with Gasteiger partial charge in [-0.1, -0.05) is 17.7 Å². The third-order valence-electron chi connectivity index (χ3n) is 2.96. The molecule has 23 heavy (non-hydrogen) atoms. The number of nitrogens with zero attached hydrogens (tertiary/aromatic N) is 3. The number of primary amides is 1. The van der Waals surface area contributed by atoms with Crippen molar-refractivity contribution in [2.75, 3.05) is 37.8 Å². The number of aromatic nitrogens is 2. The highest BCUT2D eigenvalue weighted by Crippen LogP contribution is 2.21. The maximum Gasteiger partial charge on any atom is 0.271 e. The molecular formula is C15H19ClN6O. The Morgan fingerprint density at radius 3 is 2.83 bits per heavy atom. The maximum absolute atomic E-state index is 11.5. The van der Waals surface area contributed by atoms with Gasteiger partial charge in [-0.2, -0.15) is 0 Å².